The highest BCUT2D eigenvalue weighted by atomic mass is 35.5. The topological polar surface area (TPSA) is 61.9 Å². The molecule has 7 heteroatoms. The minimum Gasteiger partial charge on any atom is -0.495 e. The summed E-state index contributed by atoms with van der Waals surface area (Å²) >= 11 is 6.00. The Morgan fingerprint density at radius 2 is 1.78 bits per heavy atom. The van der Waals surface area contributed by atoms with Crippen LogP contribution in [0, 0.1) is 0 Å². The van der Waals surface area contributed by atoms with Gasteiger partial charge in [0.15, 0.2) is 0 Å². The zero-order chi connectivity index (χ0) is 20.0. The highest BCUT2D eigenvalue weighted by molar-refractivity contribution is 6.31. The van der Waals surface area contributed by atoms with Crippen molar-refractivity contribution in [2.45, 2.75) is 6.04 Å². The summed E-state index contributed by atoms with van der Waals surface area (Å²) in [4.78, 5) is 28.5. The van der Waals surface area contributed by atoms with Gasteiger partial charge in [0.05, 0.1) is 19.3 Å². The second kappa shape index (κ2) is 9.39. The number of amides is 2. The van der Waals surface area contributed by atoms with Gasteiger partial charge in [-0.15, -0.1) is 0 Å². The fourth-order valence-corrected chi connectivity index (χ4v) is 2.92. The molecule has 0 aromatic heterocycles. The van der Waals surface area contributed by atoms with Crippen molar-refractivity contribution in [1.29, 1.82) is 0 Å². The highest BCUT2D eigenvalue weighted by Gasteiger charge is 2.28. The third-order valence-electron chi connectivity index (χ3n) is 4.06. The second-order valence-electron chi connectivity index (χ2n) is 6.35. The quantitative estimate of drug-likeness (QED) is 0.790. The van der Waals surface area contributed by atoms with Crippen LogP contribution in [0.2, 0.25) is 5.02 Å². The van der Waals surface area contributed by atoms with Gasteiger partial charge in [0.2, 0.25) is 11.8 Å². The normalized spacial score (nSPS) is 11.8. The molecule has 0 aliphatic heterocycles. The van der Waals surface area contributed by atoms with Crippen LogP contribution in [-0.4, -0.2) is 56.4 Å². The maximum Gasteiger partial charge on any atom is 0.244 e. The first-order valence-electron chi connectivity index (χ1n) is 8.43. The number of anilines is 1. The fourth-order valence-electron chi connectivity index (χ4n) is 2.75. The fraction of sp³-hybridized carbons (Fsp3) is 0.300. The van der Waals surface area contributed by atoms with Crippen molar-refractivity contribution in [3.8, 4) is 5.75 Å². The van der Waals surface area contributed by atoms with E-state index in [0.717, 1.165) is 5.56 Å². The van der Waals surface area contributed by atoms with Gasteiger partial charge in [-0.05, 0) is 30.8 Å². The number of hydrogen-bond acceptors (Lipinski definition) is 4. The van der Waals surface area contributed by atoms with Gasteiger partial charge < -0.3 is 15.0 Å². The van der Waals surface area contributed by atoms with Crippen LogP contribution in [0.1, 0.15) is 11.6 Å². The average molecular weight is 390 g/mol. The van der Waals surface area contributed by atoms with Gasteiger partial charge in [0, 0.05) is 19.1 Å². The van der Waals surface area contributed by atoms with E-state index in [4.69, 9.17) is 16.3 Å². The van der Waals surface area contributed by atoms with Gasteiger partial charge in [0.25, 0.3) is 0 Å². The zero-order valence-corrected chi connectivity index (χ0v) is 16.7. The van der Waals surface area contributed by atoms with Crippen LogP contribution >= 0.6 is 11.6 Å². The van der Waals surface area contributed by atoms with Crippen LogP contribution in [0.4, 0.5) is 5.69 Å². The van der Waals surface area contributed by atoms with E-state index < -0.39 is 6.04 Å². The molecule has 2 rings (SSSR count). The Labute approximate surface area is 164 Å². The van der Waals surface area contributed by atoms with E-state index in [9.17, 15) is 9.59 Å². The van der Waals surface area contributed by atoms with Crippen molar-refractivity contribution >= 4 is 29.1 Å². The van der Waals surface area contributed by atoms with Gasteiger partial charge >= 0.3 is 0 Å². The van der Waals surface area contributed by atoms with E-state index in [0.29, 0.717) is 16.5 Å². The number of methoxy groups -OCH3 is 1. The lowest BCUT2D eigenvalue weighted by molar-refractivity contribution is -0.134. The van der Waals surface area contributed by atoms with Crippen LogP contribution in [0.15, 0.2) is 48.5 Å². The minimum absolute atomic E-state index is 0.0226. The predicted molar refractivity (Wildman–Crippen MR) is 107 cm³/mol. The Hall–Kier alpha value is -2.57. The van der Waals surface area contributed by atoms with Crippen molar-refractivity contribution < 1.29 is 14.3 Å². The summed E-state index contributed by atoms with van der Waals surface area (Å²) in [5.41, 5.74) is 1.31. The molecule has 0 radical (unpaired) electrons. The van der Waals surface area contributed by atoms with Crippen LogP contribution in [-0.2, 0) is 9.59 Å². The number of likely N-dealkylation sites (N-methyl/N-ethyl adjacent to an activating group) is 2. The van der Waals surface area contributed by atoms with Gasteiger partial charge in [-0.25, -0.2) is 0 Å². The number of rotatable bonds is 7. The lowest BCUT2D eigenvalue weighted by atomic mass is 10.0. The molecule has 6 nitrogen and oxygen atoms in total. The summed E-state index contributed by atoms with van der Waals surface area (Å²) in [5.74, 6) is 0.141. The Kier molecular flexibility index (Phi) is 7.21. The lowest BCUT2D eigenvalue weighted by Crippen LogP contribution is -2.41. The first-order valence-corrected chi connectivity index (χ1v) is 8.81. The maximum absolute atomic E-state index is 12.7. The van der Waals surface area contributed by atoms with Crippen molar-refractivity contribution in [1.82, 2.24) is 9.80 Å². The monoisotopic (exact) mass is 389 g/mol. The van der Waals surface area contributed by atoms with Gasteiger partial charge in [0.1, 0.15) is 11.8 Å². The van der Waals surface area contributed by atoms with E-state index in [2.05, 4.69) is 5.32 Å². The Balaban J connectivity index is 2.17. The lowest BCUT2D eigenvalue weighted by Gasteiger charge is -2.29. The van der Waals surface area contributed by atoms with Crippen molar-refractivity contribution in [2.24, 2.45) is 0 Å². The molecule has 0 fully saturated rings. The first-order chi connectivity index (χ1) is 12.8. The molecule has 2 aromatic carbocycles. The molecular weight excluding hydrogens is 366 g/mol. The molecule has 0 bridgehead atoms. The number of nitrogens with one attached hydrogen (secondary N) is 1. The standard InChI is InChI=1S/C20H24ClN3O3/c1-23(2)20(26)19(14-8-6-5-7-9-14)24(3)13-18(25)22-16-12-15(21)10-11-17(16)27-4/h5-12,19H,13H2,1-4H3,(H,22,25)/t19-/m0/s1. The van der Waals surface area contributed by atoms with Crippen molar-refractivity contribution in [3.05, 3.63) is 59.1 Å². The molecule has 2 amide bonds. The van der Waals surface area contributed by atoms with E-state index in [1.165, 1.54) is 12.0 Å². The zero-order valence-electron chi connectivity index (χ0n) is 15.9. The molecule has 144 valence electrons. The van der Waals surface area contributed by atoms with Crippen molar-refractivity contribution in [3.63, 3.8) is 0 Å². The highest BCUT2D eigenvalue weighted by Crippen LogP contribution is 2.28. The summed E-state index contributed by atoms with van der Waals surface area (Å²) in [6, 6.07) is 13.8. The molecule has 27 heavy (non-hydrogen) atoms. The van der Waals surface area contributed by atoms with E-state index >= 15 is 0 Å². The number of ether oxygens (including phenoxy) is 1. The van der Waals surface area contributed by atoms with Gasteiger partial charge in [-0.1, -0.05) is 41.9 Å². The number of hydrogen-bond donors (Lipinski definition) is 1. The summed E-state index contributed by atoms with van der Waals surface area (Å²) < 4.78 is 5.24. The Morgan fingerprint density at radius 1 is 1.11 bits per heavy atom. The molecule has 0 saturated carbocycles. The Bertz CT molecular complexity index is 796. The molecule has 0 aliphatic carbocycles. The van der Waals surface area contributed by atoms with E-state index in [1.807, 2.05) is 30.3 Å². The molecular formula is C20H24ClN3O3. The SMILES string of the molecule is COc1ccc(Cl)cc1NC(=O)CN(C)[C@H](C(=O)N(C)C)c1ccccc1. The number of halogens is 1. The molecule has 0 heterocycles. The number of carbonyl (C=O) groups excluding carboxylic acids is 2. The summed E-state index contributed by atoms with van der Waals surface area (Å²) in [6.07, 6.45) is 0. The second-order valence-corrected chi connectivity index (χ2v) is 6.79. The summed E-state index contributed by atoms with van der Waals surface area (Å²) in [6.45, 7) is 0.0226. The first kappa shape index (κ1) is 20.7. The molecule has 2 aromatic rings. The van der Waals surface area contributed by atoms with Crippen LogP contribution in [0.3, 0.4) is 0 Å². The molecule has 0 spiro atoms. The van der Waals surface area contributed by atoms with Crippen LogP contribution < -0.4 is 10.1 Å². The third-order valence-corrected chi connectivity index (χ3v) is 4.29. The van der Waals surface area contributed by atoms with Crippen molar-refractivity contribution in [2.75, 3.05) is 40.1 Å². The average Bonchev–Trinajstić information content (AvgIpc) is 2.62. The number of nitrogens with zero attached hydrogens (tertiary/aromatic N) is 2. The maximum atomic E-state index is 12.7. The van der Waals surface area contributed by atoms with E-state index in [-0.39, 0.29) is 18.4 Å². The van der Waals surface area contributed by atoms with Crippen LogP contribution in [0.25, 0.3) is 0 Å². The molecule has 0 unspecified atom stereocenters. The Morgan fingerprint density at radius 3 is 2.37 bits per heavy atom. The molecule has 0 aliphatic rings. The summed E-state index contributed by atoms with van der Waals surface area (Å²) in [7, 11) is 6.66. The number of benzene rings is 2. The largest absolute Gasteiger partial charge is 0.495 e. The van der Waals surface area contributed by atoms with Gasteiger partial charge in [-0.3, -0.25) is 14.5 Å². The molecule has 1 atom stereocenters. The van der Waals surface area contributed by atoms with E-state index in [1.54, 1.807) is 44.2 Å². The molecule has 0 saturated heterocycles. The third kappa shape index (κ3) is 5.45. The minimum atomic E-state index is -0.562. The summed E-state index contributed by atoms with van der Waals surface area (Å²) in [5, 5.41) is 3.28. The number of carbonyl (C=O) groups is 2. The predicted octanol–water partition coefficient (Wildman–Crippen LogP) is 3.05. The molecule has 1 N–H and O–H groups in total. The van der Waals surface area contributed by atoms with Crippen LogP contribution in [0.5, 0.6) is 5.75 Å². The van der Waals surface area contributed by atoms with Gasteiger partial charge in [-0.2, -0.15) is 0 Å². The smallest absolute Gasteiger partial charge is 0.244 e.